The molecule has 3 rings (SSSR count). The van der Waals surface area contributed by atoms with Gasteiger partial charge in [-0.15, -0.1) is 0 Å². The number of fused-ring (bicyclic) bond motifs is 1. The average molecular weight is 371 g/mol. The maximum Gasteiger partial charge on any atom is 0.229 e. The van der Waals surface area contributed by atoms with E-state index in [0.717, 1.165) is 42.1 Å². The number of aromatic nitrogens is 2. The number of anilines is 1. The highest BCUT2D eigenvalue weighted by molar-refractivity contribution is 5.98. The predicted molar refractivity (Wildman–Crippen MR) is 107 cm³/mol. The Labute approximate surface area is 160 Å². The zero-order valence-corrected chi connectivity index (χ0v) is 16.7. The molecule has 7 nitrogen and oxygen atoms in total. The molecule has 0 bridgehead atoms. The Bertz CT molecular complexity index is 842. The van der Waals surface area contributed by atoms with Gasteiger partial charge in [-0.05, 0) is 39.2 Å². The SMILES string of the molecule is CCc1nc2cc(NC(=O)C3CC(=O)N(CCN(C)C)C3)ccc2n1CC. The molecule has 1 aromatic heterocycles. The number of imidazole rings is 1. The molecular weight excluding hydrogens is 342 g/mol. The highest BCUT2D eigenvalue weighted by atomic mass is 16.2. The lowest BCUT2D eigenvalue weighted by atomic mass is 10.1. The monoisotopic (exact) mass is 371 g/mol. The van der Waals surface area contributed by atoms with E-state index in [2.05, 4.69) is 28.7 Å². The van der Waals surface area contributed by atoms with Gasteiger partial charge in [0.15, 0.2) is 0 Å². The van der Waals surface area contributed by atoms with Crippen molar-refractivity contribution in [3.05, 3.63) is 24.0 Å². The topological polar surface area (TPSA) is 70.5 Å². The van der Waals surface area contributed by atoms with Gasteiger partial charge in [-0.2, -0.15) is 0 Å². The van der Waals surface area contributed by atoms with Crippen molar-refractivity contribution < 1.29 is 9.59 Å². The molecule has 0 radical (unpaired) electrons. The lowest BCUT2D eigenvalue weighted by Crippen LogP contribution is -2.33. The average Bonchev–Trinajstić information content (AvgIpc) is 3.19. The fourth-order valence-corrected chi connectivity index (χ4v) is 3.61. The molecule has 1 atom stereocenters. The molecule has 1 fully saturated rings. The number of carbonyl (C=O) groups excluding carboxylic acids is 2. The standard InChI is InChI=1S/C20H29N5O2/c1-5-18-22-16-12-15(7-8-17(16)25(18)6-2)21-20(27)14-11-19(26)24(13-14)10-9-23(3)4/h7-8,12,14H,5-6,9-11,13H2,1-4H3,(H,21,27). The highest BCUT2D eigenvalue weighted by Crippen LogP contribution is 2.23. The second-order valence-corrected chi connectivity index (χ2v) is 7.36. The largest absolute Gasteiger partial charge is 0.341 e. The molecule has 0 aliphatic carbocycles. The van der Waals surface area contributed by atoms with Gasteiger partial charge in [0.1, 0.15) is 5.82 Å². The van der Waals surface area contributed by atoms with E-state index in [9.17, 15) is 9.59 Å². The molecule has 2 heterocycles. The van der Waals surface area contributed by atoms with E-state index < -0.39 is 0 Å². The normalized spacial score (nSPS) is 17.3. The Morgan fingerprint density at radius 2 is 2.11 bits per heavy atom. The van der Waals surface area contributed by atoms with Gasteiger partial charge in [0.25, 0.3) is 0 Å². The molecule has 1 aromatic carbocycles. The predicted octanol–water partition coefficient (Wildman–Crippen LogP) is 1.97. The minimum Gasteiger partial charge on any atom is -0.341 e. The molecule has 146 valence electrons. The van der Waals surface area contributed by atoms with Crippen LogP contribution in [0.2, 0.25) is 0 Å². The van der Waals surface area contributed by atoms with Crippen molar-refractivity contribution in [3.8, 4) is 0 Å². The van der Waals surface area contributed by atoms with Gasteiger partial charge < -0.3 is 19.7 Å². The molecule has 1 unspecified atom stereocenters. The first-order chi connectivity index (χ1) is 12.9. The van der Waals surface area contributed by atoms with E-state index >= 15 is 0 Å². The van der Waals surface area contributed by atoms with E-state index in [-0.39, 0.29) is 24.2 Å². The van der Waals surface area contributed by atoms with Crippen LogP contribution in [0.4, 0.5) is 5.69 Å². The molecule has 2 aromatic rings. The van der Waals surface area contributed by atoms with Crippen LogP contribution in [-0.2, 0) is 22.6 Å². The number of hydrogen-bond acceptors (Lipinski definition) is 4. The van der Waals surface area contributed by atoms with E-state index in [1.165, 1.54) is 0 Å². The minimum atomic E-state index is -0.297. The number of amides is 2. The third-order valence-electron chi connectivity index (χ3n) is 5.13. The Morgan fingerprint density at radius 1 is 1.33 bits per heavy atom. The molecule has 1 aliphatic rings. The summed E-state index contributed by atoms with van der Waals surface area (Å²) in [5.74, 6) is 0.714. The molecule has 0 saturated carbocycles. The Morgan fingerprint density at radius 3 is 2.78 bits per heavy atom. The molecule has 1 saturated heterocycles. The number of benzene rings is 1. The third kappa shape index (κ3) is 4.13. The lowest BCUT2D eigenvalue weighted by molar-refractivity contribution is -0.128. The van der Waals surface area contributed by atoms with Crippen molar-refractivity contribution >= 4 is 28.5 Å². The van der Waals surface area contributed by atoms with Crippen LogP contribution in [-0.4, -0.2) is 64.9 Å². The smallest absolute Gasteiger partial charge is 0.229 e. The van der Waals surface area contributed by atoms with E-state index in [1.54, 1.807) is 4.90 Å². The number of aryl methyl sites for hydroxylation is 2. The van der Waals surface area contributed by atoms with Gasteiger partial charge in [0, 0.05) is 44.7 Å². The second kappa shape index (κ2) is 8.08. The minimum absolute atomic E-state index is 0.0572. The number of rotatable bonds is 7. The van der Waals surface area contributed by atoms with Crippen molar-refractivity contribution in [3.63, 3.8) is 0 Å². The molecule has 7 heteroatoms. The van der Waals surface area contributed by atoms with Crippen molar-refractivity contribution in [1.82, 2.24) is 19.4 Å². The molecule has 27 heavy (non-hydrogen) atoms. The molecule has 1 N–H and O–H groups in total. The van der Waals surface area contributed by atoms with Gasteiger partial charge in [-0.1, -0.05) is 6.92 Å². The van der Waals surface area contributed by atoms with Crippen LogP contribution in [0.5, 0.6) is 0 Å². The van der Waals surface area contributed by atoms with Crippen LogP contribution < -0.4 is 5.32 Å². The van der Waals surface area contributed by atoms with Crippen molar-refractivity contribution in [1.29, 1.82) is 0 Å². The van der Waals surface area contributed by atoms with Crippen LogP contribution >= 0.6 is 0 Å². The van der Waals surface area contributed by atoms with Crippen LogP contribution in [0.25, 0.3) is 11.0 Å². The zero-order valence-electron chi connectivity index (χ0n) is 16.7. The van der Waals surface area contributed by atoms with Gasteiger partial charge in [-0.3, -0.25) is 9.59 Å². The first kappa shape index (κ1) is 19.4. The first-order valence-corrected chi connectivity index (χ1v) is 9.65. The number of likely N-dealkylation sites (N-methyl/N-ethyl adjacent to an activating group) is 1. The van der Waals surface area contributed by atoms with Crippen LogP contribution in [0.15, 0.2) is 18.2 Å². The number of carbonyl (C=O) groups is 2. The number of hydrogen-bond donors (Lipinski definition) is 1. The summed E-state index contributed by atoms with van der Waals surface area (Å²) < 4.78 is 2.19. The van der Waals surface area contributed by atoms with Crippen molar-refractivity contribution in [2.75, 3.05) is 39.0 Å². The van der Waals surface area contributed by atoms with E-state index in [4.69, 9.17) is 0 Å². The summed E-state index contributed by atoms with van der Waals surface area (Å²) in [4.78, 5) is 33.3. The second-order valence-electron chi connectivity index (χ2n) is 7.36. The first-order valence-electron chi connectivity index (χ1n) is 9.65. The Balaban J connectivity index is 1.68. The summed E-state index contributed by atoms with van der Waals surface area (Å²) in [6.07, 6.45) is 1.16. The molecular formula is C20H29N5O2. The number of nitrogens with one attached hydrogen (secondary N) is 1. The fraction of sp³-hybridized carbons (Fsp3) is 0.550. The number of likely N-dealkylation sites (tertiary alicyclic amines) is 1. The maximum atomic E-state index is 12.6. The lowest BCUT2D eigenvalue weighted by Gasteiger charge is -2.19. The zero-order chi connectivity index (χ0) is 19.6. The van der Waals surface area contributed by atoms with Crippen LogP contribution in [0.1, 0.15) is 26.1 Å². The summed E-state index contributed by atoms with van der Waals surface area (Å²) >= 11 is 0. The van der Waals surface area contributed by atoms with Gasteiger partial charge >= 0.3 is 0 Å². The fourth-order valence-electron chi connectivity index (χ4n) is 3.61. The van der Waals surface area contributed by atoms with E-state index in [0.29, 0.717) is 13.1 Å². The summed E-state index contributed by atoms with van der Waals surface area (Å²) in [5, 5.41) is 2.97. The third-order valence-corrected chi connectivity index (χ3v) is 5.13. The number of nitrogens with zero attached hydrogens (tertiary/aromatic N) is 4. The summed E-state index contributed by atoms with van der Waals surface area (Å²) in [5.41, 5.74) is 2.70. The van der Waals surface area contributed by atoms with Gasteiger partial charge in [-0.25, -0.2) is 4.98 Å². The summed E-state index contributed by atoms with van der Waals surface area (Å²) in [6.45, 7) is 7.03. The molecule has 0 spiro atoms. The Kier molecular flexibility index (Phi) is 5.79. The highest BCUT2D eigenvalue weighted by Gasteiger charge is 2.34. The van der Waals surface area contributed by atoms with Crippen molar-refractivity contribution in [2.45, 2.75) is 33.2 Å². The van der Waals surface area contributed by atoms with Crippen LogP contribution in [0.3, 0.4) is 0 Å². The summed E-state index contributed by atoms with van der Waals surface area (Å²) in [7, 11) is 3.95. The molecule has 2 amide bonds. The maximum absolute atomic E-state index is 12.6. The Hall–Kier alpha value is -2.41. The van der Waals surface area contributed by atoms with Gasteiger partial charge in [0.2, 0.25) is 11.8 Å². The van der Waals surface area contributed by atoms with Crippen LogP contribution in [0, 0.1) is 5.92 Å². The quantitative estimate of drug-likeness (QED) is 0.808. The summed E-state index contributed by atoms with van der Waals surface area (Å²) in [6, 6.07) is 5.83. The van der Waals surface area contributed by atoms with Crippen molar-refractivity contribution in [2.24, 2.45) is 5.92 Å². The van der Waals surface area contributed by atoms with E-state index in [1.807, 2.05) is 37.2 Å². The molecule has 1 aliphatic heterocycles. The van der Waals surface area contributed by atoms with Gasteiger partial charge in [0.05, 0.1) is 17.0 Å².